The second-order valence-electron chi connectivity index (χ2n) is 4.66. The van der Waals surface area contributed by atoms with Crippen molar-refractivity contribution in [3.63, 3.8) is 0 Å². The van der Waals surface area contributed by atoms with Gasteiger partial charge in [-0.3, -0.25) is 4.79 Å². The molecule has 1 heterocycles. The van der Waals surface area contributed by atoms with Crippen molar-refractivity contribution in [2.24, 2.45) is 5.16 Å². The first kappa shape index (κ1) is 14.1. The van der Waals surface area contributed by atoms with Crippen molar-refractivity contribution >= 4 is 27.5 Å². The van der Waals surface area contributed by atoms with E-state index in [4.69, 9.17) is 4.84 Å². The average molecular weight is 325 g/mol. The van der Waals surface area contributed by atoms with Crippen LogP contribution in [0.5, 0.6) is 0 Å². The Balaban J connectivity index is 1.97. The van der Waals surface area contributed by atoms with Gasteiger partial charge in [-0.25, -0.2) is 0 Å². The van der Waals surface area contributed by atoms with Crippen LogP contribution in [0.3, 0.4) is 0 Å². The van der Waals surface area contributed by atoms with Gasteiger partial charge in [-0.1, -0.05) is 40.1 Å². The number of carbonyl (C=O) groups is 1. The molecule has 5 heteroatoms. The molecular weight excluding hydrogens is 308 g/mol. The number of amides is 1. The lowest BCUT2D eigenvalue weighted by atomic mass is 10.0. The number of nitrogens with one attached hydrogen (secondary N) is 1. The highest BCUT2D eigenvalue weighted by Gasteiger charge is 2.29. The number of oxime groups is 1. The summed E-state index contributed by atoms with van der Waals surface area (Å²) in [7, 11) is 0. The van der Waals surface area contributed by atoms with Crippen LogP contribution < -0.4 is 5.32 Å². The van der Waals surface area contributed by atoms with Gasteiger partial charge in [0, 0.05) is 22.5 Å². The Morgan fingerprint density at radius 3 is 3.11 bits per heavy atom. The zero-order chi connectivity index (χ0) is 13.8. The van der Waals surface area contributed by atoms with Crippen molar-refractivity contribution in [2.75, 3.05) is 0 Å². The standard InChI is InChI=1S/C14H17BrN2O2/c1-3-9(2)16-14(18)13-8-12(17-19-13)10-5-4-6-11(15)7-10/h4-7,9,13H,3,8H2,1-2H3,(H,16,18)/t9-,13+/m0/s1. The summed E-state index contributed by atoms with van der Waals surface area (Å²) in [6.45, 7) is 4.01. The molecule has 0 fully saturated rings. The molecule has 0 saturated carbocycles. The van der Waals surface area contributed by atoms with Crippen LogP contribution in [-0.4, -0.2) is 23.8 Å². The van der Waals surface area contributed by atoms with Crippen LogP contribution in [0.2, 0.25) is 0 Å². The molecule has 1 aliphatic rings. The Hall–Kier alpha value is -1.36. The molecule has 4 nitrogen and oxygen atoms in total. The molecule has 0 bridgehead atoms. The summed E-state index contributed by atoms with van der Waals surface area (Å²) in [5.74, 6) is -0.0944. The maximum absolute atomic E-state index is 11.9. The van der Waals surface area contributed by atoms with Crippen LogP contribution in [0.4, 0.5) is 0 Å². The number of hydrogen-bond donors (Lipinski definition) is 1. The van der Waals surface area contributed by atoms with Gasteiger partial charge in [-0.15, -0.1) is 0 Å². The number of hydrogen-bond acceptors (Lipinski definition) is 3. The van der Waals surface area contributed by atoms with Gasteiger partial charge in [-0.2, -0.15) is 0 Å². The van der Waals surface area contributed by atoms with Gasteiger partial charge in [0.2, 0.25) is 6.10 Å². The number of benzene rings is 1. The molecule has 1 aromatic rings. The minimum Gasteiger partial charge on any atom is -0.382 e. The van der Waals surface area contributed by atoms with Gasteiger partial charge in [-0.05, 0) is 25.5 Å². The number of carbonyl (C=O) groups excluding carboxylic acids is 1. The van der Waals surface area contributed by atoms with Crippen molar-refractivity contribution in [3.8, 4) is 0 Å². The van der Waals surface area contributed by atoms with Crippen LogP contribution in [-0.2, 0) is 9.63 Å². The minimum absolute atomic E-state index is 0.0944. The van der Waals surface area contributed by atoms with Gasteiger partial charge >= 0.3 is 0 Å². The summed E-state index contributed by atoms with van der Waals surface area (Å²) >= 11 is 3.42. The fourth-order valence-electron chi connectivity index (χ4n) is 1.79. The lowest BCUT2D eigenvalue weighted by Crippen LogP contribution is -2.39. The summed E-state index contributed by atoms with van der Waals surface area (Å²) in [4.78, 5) is 17.2. The van der Waals surface area contributed by atoms with E-state index in [1.165, 1.54) is 0 Å². The maximum Gasteiger partial charge on any atom is 0.264 e. The first-order chi connectivity index (χ1) is 9.10. The van der Waals surface area contributed by atoms with E-state index >= 15 is 0 Å². The zero-order valence-electron chi connectivity index (χ0n) is 11.0. The fourth-order valence-corrected chi connectivity index (χ4v) is 2.19. The fraction of sp³-hybridized carbons (Fsp3) is 0.429. The highest BCUT2D eigenvalue weighted by Crippen LogP contribution is 2.19. The van der Waals surface area contributed by atoms with E-state index in [1.807, 2.05) is 38.1 Å². The topological polar surface area (TPSA) is 50.7 Å². The lowest BCUT2D eigenvalue weighted by molar-refractivity contribution is -0.131. The smallest absolute Gasteiger partial charge is 0.264 e. The monoisotopic (exact) mass is 324 g/mol. The predicted octanol–water partition coefficient (Wildman–Crippen LogP) is 2.86. The highest BCUT2D eigenvalue weighted by molar-refractivity contribution is 9.10. The highest BCUT2D eigenvalue weighted by atomic mass is 79.9. The molecular formula is C14H17BrN2O2. The summed E-state index contributed by atoms with van der Waals surface area (Å²) in [5, 5.41) is 6.93. The van der Waals surface area contributed by atoms with E-state index < -0.39 is 6.10 Å². The van der Waals surface area contributed by atoms with Crippen LogP contribution >= 0.6 is 15.9 Å². The van der Waals surface area contributed by atoms with E-state index in [2.05, 4.69) is 26.4 Å². The molecule has 0 aliphatic carbocycles. The van der Waals surface area contributed by atoms with Gasteiger partial charge in [0.15, 0.2) is 0 Å². The molecule has 102 valence electrons. The quantitative estimate of drug-likeness (QED) is 0.925. The van der Waals surface area contributed by atoms with E-state index in [-0.39, 0.29) is 11.9 Å². The summed E-state index contributed by atoms with van der Waals surface area (Å²) in [5.41, 5.74) is 1.79. The van der Waals surface area contributed by atoms with Crippen LogP contribution in [0, 0.1) is 0 Å². The third-order valence-corrected chi connectivity index (χ3v) is 3.61. The molecule has 0 aromatic heterocycles. The molecule has 0 saturated heterocycles. The Morgan fingerprint density at radius 1 is 1.63 bits per heavy atom. The Bertz CT molecular complexity index is 502. The number of rotatable bonds is 4. The van der Waals surface area contributed by atoms with Crippen molar-refractivity contribution in [2.45, 2.75) is 38.8 Å². The average Bonchev–Trinajstić information content (AvgIpc) is 2.88. The Morgan fingerprint density at radius 2 is 2.42 bits per heavy atom. The molecule has 0 unspecified atom stereocenters. The van der Waals surface area contributed by atoms with E-state index in [9.17, 15) is 4.79 Å². The lowest BCUT2D eigenvalue weighted by Gasteiger charge is -2.14. The summed E-state index contributed by atoms with van der Waals surface area (Å²) in [6.07, 6.45) is 0.902. The number of nitrogens with zero attached hydrogens (tertiary/aromatic N) is 1. The molecule has 19 heavy (non-hydrogen) atoms. The van der Waals surface area contributed by atoms with Gasteiger partial charge < -0.3 is 10.2 Å². The summed E-state index contributed by atoms with van der Waals surface area (Å²) < 4.78 is 0.986. The molecule has 2 rings (SSSR count). The van der Waals surface area contributed by atoms with Crippen LogP contribution in [0.15, 0.2) is 33.9 Å². The molecule has 2 atom stereocenters. The van der Waals surface area contributed by atoms with Gasteiger partial charge in [0.1, 0.15) is 0 Å². The van der Waals surface area contributed by atoms with Crippen molar-refractivity contribution in [3.05, 3.63) is 34.3 Å². The SMILES string of the molecule is CC[C@H](C)NC(=O)[C@H]1CC(c2cccc(Br)c2)=NO1. The van der Waals surface area contributed by atoms with Crippen molar-refractivity contribution in [1.29, 1.82) is 0 Å². The molecule has 0 spiro atoms. The zero-order valence-corrected chi connectivity index (χ0v) is 12.6. The van der Waals surface area contributed by atoms with Crippen LogP contribution in [0.1, 0.15) is 32.3 Å². The van der Waals surface area contributed by atoms with Gasteiger partial charge in [0.05, 0.1) is 5.71 Å². The second kappa shape index (κ2) is 6.19. The maximum atomic E-state index is 11.9. The third-order valence-electron chi connectivity index (χ3n) is 3.12. The number of halogens is 1. The van der Waals surface area contributed by atoms with E-state index in [1.54, 1.807) is 0 Å². The van der Waals surface area contributed by atoms with Crippen LogP contribution in [0.25, 0.3) is 0 Å². The normalized spacial score (nSPS) is 19.5. The molecule has 1 amide bonds. The first-order valence-corrected chi connectivity index (χ1v) is 7.18. The molecule has 1 N–H and O–H groups in total. The predicted molar refractivity (Wildman–Crippen MR) is 78.1 cm³/mol. The minimum atomic E-state index is -0.511. The largest absolute Gasteiger partial charge is 0.382 e. The second-order valence-corrected chi connectivity index (χ2v) is 5.58. The van der Waals surface area contributed by atoms with E-state index in [0.29, 0.717) is 6.42 Å². The third kappa shape index (κ3) is 3.56. The first-order valence-electron chi connectivity index (χ1n) is 6.39. The molecule has 0 radical (unpaired) electrons. The molecule has 1 aliphatic heterocycles. The van der Waals surface area contributed by atoms with Gasteiger partial charge in [0.25, 0.3) is 5.91 Å². The Kier molecular flexibility index (Phi) is 4.58. The summed E-state index contributed by atoms with van der Waals surface area (Å²) in [6, 6.07) is 7.98. The van der Waals surface area contributed by atoms with Crippen molar-refractivity contribution in [1.82, 2.24) is 5.32 Å². The Labute approximate surface area is 121 Å². The van der Waals surface area contributed by atoms with Crippen molar-refractivity contribution < 1.29 is 9.63 Å². The van der Waals surface area contributed by atoms with E-state index in [0.717, 1.165) is 22.2 Å². The molecule has 1 aromatic carbocycles.